The van der Waals surface area contributed by atoms with Crippen LogP contribution in [0.4, 0.5) is 0 Å². The van der Waals surface area contributed by atoms with Crippen molar-refractivity contribution in [2.45, 2.75) is 46.5 Å². The standard InChI is InChI=1S/C12H20O/c1-4-11(2)12(3)9-7-5-6-8-10-13/h4,9-10H,5-8H2,1-3H3/b11-4+,12-9+. The molecule has 0 unspecified atom stereocenters. The van der Waals surface area contributed by atoms with Crippen LogP contribution in [-0.4, -0.2) is 6.29 Å². The summed E-state index contributed by atoms with van der Waals surface area (Å²) in [6.07, 6.45) is 9.29. The zero-order valence-corrected chi connectivity index (χ0v) is 8.97. The molecule has 0 aliphatic rings. The van der Waals surface area contributed by atoms with Crippen LogP contribution in [0.5, 0.6) is 0 Å². The van der Waals surface area contributed by atoms with Gasteiger partial charge in [0.25, 0.3) is 0 Å². The molecule has 0 spiro atoms. The average Bonchev–Trinajstić information content (AvgIpc) is 2.16. The van der Waals surface area contributed by atoms with Crippen LogP contribution in [0.25, 0.3) is 0 Å². The van der Waals surface area contributed by atoms with Crippen molar-refractivity contribution in [3.05, 3.63) is 23.3 Å². The Labute approximate surface area is 81.5 Å². The van der Waals surface area contributed by atoms with Gasteiger partial charge in [-0.1, -0.05) is 23.3 Å². The van der Waals surface area contributed by atoms with E-state index in [1.54, 1.807) is 0 Å². The van der Waals surface area contributed by atoms with Crippen LogP contribution in [0.2, 0.25) is 0 Å². The van der Waals surface area contributed by atoms with E-state index in [9.17, 15) is 4.79 Å². The maximum atomic E-state index is 10.0. The van der Waals surface area contributed by atoms with Gasteiger partial charge in [-0.2, -0.15) is 0 Å². The van der Waals surface area contributed by atoms with E-state index < -0.39 is 0 Å². The fraction of sp³-hybridized carbons (Fsp3) is 0.583. The second-order valence-corrected chi connectivity index (χ2v) is 3.31. The molecular formula is C12H20O. The summed E-state index contributed by atoms with van der Waals surface area (Å²) in [4.78, 5) is 10.0. The first-order chi connectivity index (χ1) is 6.22. The van der Waals surface area contributed by atoms with Gasteiger partial charge in [0.2, 0.25) is 0 Å². The van der Waals surface area contributed by atoms with Gasteiger partial charge in [0, 0.05) is 6.42 Å². The number of allylic oxidation sites excluding steroid dienone is 4. The lowest BCUT2D eigenvalue weighted by atomic mass is 10.1. The maximum Gasteiger partial charge on any atom is 0.119 e. The highest BCUT2D eigenvalue weighted by molar-refractivity contribution is 5.48. The van der Waals surface area contributed by atoms with Gasteiger partial charge in [-0.15, -0.1) is 0 Å². The highest BCUT2D eigenvalue weighted by atomic mass is 16.1. The molecule has 13 heavy (non-hydrogen) atoms. The second-order valence-electron chi connectivity index (χ2n) is 3.31. The van der Waals surface area contributed by atoms with Gasteiger partial charge < -0.3 is 4.79 Å². The minimum Gasteiger partial charge on any atom is -0.303 e. The molecule has 0 radical (unpaired) electrons. The minimum absolute atomic E-state index is 0.704. The van der Waals surface area contributed by atoms with Gasteiger partial charge in [-0.3, -0.25) is 0 Å². The van der Waals surface area contributed by atoms with E-state index in [-0.39, 0.29) is 0 Å². The summed E-state index contributed by atoms with van der Waals surface area (Å²) in [5, 5.41) is 0. The molecule has 0 bridgehead atoms. The molecule has 0 saturated carbocycles. The topological polar surface area (TPSA) is 17.1 Å². The molecule has 0 aliphatic heterocycles. The molecule has 0 aliphatic carbocycles. The first-order valence-corrected chi connectivity index (χ1v) is 4.96. The molecule has 0 aromatic heterocycles. The molecule has 0 saturated heterocycles. The van der Waals surface area contributed by atoms with E-state index in [1.807, 2.05) is 0 Å². The third-order valence-corrected chi connectivity index (χ3v) is 2.28. The van der Waals surface area contributed by atoms with E-state index in [4.69, 9.17) is 0 Å². The summed E-state index contributed by atoms with van der Waals surface area (Å²) in [5.74, 6) is 0. The molecule has 74 valence electrons. The zero-order chi connectivity index (χ0) is 10.1. The van der Waals surface area contributed by atoms with Crippen molar-refractivity contribution in [3.63, 3.8) is 0 Å². The number of hydrogen-bond donors (Lipinski definition) is 0. The largest absolute Gasteiger partial charge is 0.303 e. The molecule has 0 rings (SSSR count). The number of rotatable bonds is 6. The molecule has 0 fully saturated rings. The summed E-state index contributed by atoms with van der Waals surface area (Å²) in [5.41, 5.74) is 2.70. The summed E-state index contributed by atoms with van der Waals surface area (Å²) in [6, 6.07) is 0. The fourth-order valence-electron chi connectivity index (χ4n) is 1.08. The lowest BCUT2D eigenvalue weighted by Crippen LogP contribution is -1.80. The second kappa shape index (κ2) is 7.78. The molecule has 0 amide bonds. The Morgan fingerprint density at radius 3 is 2.23 bits per heavy atom. The van der Waals surface area contributed by atoms with E-state index >= 15 is 0 Å². The summed E-state index contributed by atoms with van der Waals surface area (Å²) in [7, 11) is 0. The van der Waals surface area contributed by atoms with Crippen LogP contribution in [0.1, 0.15) is 46.5 Å². The zero-order valence-electron chi connectivity index (χ0n) is 8.97. The predicted molar refractivity (Wildman–Crippen MR) is 57.7 cm³/mol. The number of carbonyl (C=O) groups excluding carboxylic acids is 1. The molecule has 1 nitrogen and oxygen atoms in total. The first kappa shape index (κ1) is 12.2. The van der Waals surface area contributed by atoms with Crippen molar-refractivity contribution in [3.8, 4) is 0 Å². The Balaban J connectivity index is 3.65. The molecule has 0 atom stereocenters. The molecule has 1 heteroatoms. The van der Waals surface area contributed by atoms with Crippen LogP contribution in [0, 0.1) is 0 Å². The third-order valence-electron chi connectivity index (χ3n) is 2.28. The third kappa shape index (κ3) is 6.32. The Bertz CT molecular complexity index is 199. The van der Waals surface area contributed by atoms with Crippen molar-refractivity contribution in [1.29, 1.82) is 0 Å². The van der Waals surface area contributed by atoms with Crippen LogP contribution in [0.3, 0.4) is 0 Å². The lowest BCUT2D eigenvalue weighted by molar-refractivity contribution is -0.107. The number of hydrogen-bond acceptors (Lipinski definition) is 1. The van der Waals surface area contributed by atoms with Gasteiger partial charge in [0.15, 0.2) is 0 Å². The fourth-order valence-corrected chi connectivity index (χ4v) is 1.08. The lowest BCUT2D eigenvalue weighted by Gasteiger charge is -1.99. The van der Waals surface area contributed by atoms with Gasteiger partial charge in [-0.05, 0) is 40.0 Å². The molecular weight excluding hydrogens is 160 g/mol. The highest BCUT2D eigenvalue weighted by Crippen LogP contribution is 2.10. The summed E-state index contributed by atoms with van der Waals surface area (Å²) < 4.78 is 0. The predicted octanol–water partition coefficient (Wildman–Crippen LogP) is 3.66. The van der Waals surface area contributed by atoms with Gasteiger partial charge in [0.05, 0.1) is 0 Å². The highest BCUT2D eigenvalue weighted by Gasteiger charge is 1.90. The Hall–Kier alpha value is -0.850. The van der Waals surface area contributed by atoms with E-state index in [1.165, 1.54) is 11.1 Å². The molecule has 0 aromatic carbocycles. The maximum absolute atomic E-state index is 10.0. The van der Waals surface area contributed by atoms with Gasteiger partial charge >= 0.3 is 0 Å². The van der Waals surface area contributed by atoms with Crippen molar-refractivity contribution in [2.24, 2.45) is 0 Å². The van der Waals surface area contributed by atoms with E-state index in [0.717, 1.165) is 25.5 Å². The minimum atomic E-state index is 0.704. The summed E-state index contributed by atoms with van der Waals surface area (Å²) in [6.45, 7) is 6.31. The number of unbranched alkanes of at least 4 members (excludes halogenated alkanes) is 3. The Kier molecular flexibility index (Phi) is 7.27. The Morgan fingerprint density at radius 1 is 1.08 bits per heavy atom. The molecule has 0 N–H and O–H groups in total. The number of aldehydes is 1. The SMILES string of the molecule is C/C=C(C)/C(C)=C/CCCCC=O. The van der Waals surface area contributed by atoms with Gasteiger partial charge in [0.1, 0.15) is 6.29 Å². The Morgan fingerprint density at radius 2 is 1.69 bits per heavy atom. The van der Waals surface area contributed by atoms with E-state index in [2.05, 4.69) is 32.9 Å². The van der Waals surface area contributed by atoms with Crippen molar-refractivity contribution in [2.75, 3.05) is 0 Å². The summed E-state index contributed by atoms with van der Waals surface area (Å²) >= 11 is 0. The van der Waals surface area contributed by atoms with Gasteiger partial charge in [-0.25, -0.2) is 0 Å². The van der Waals surface area contributed by atoms with Crippen LogP contribution >= 0.6 is 0 Å². The van der Waals surface area contributed by atoms with Crippen LogP contribution in [0.15, 0.2) is 23.3 Å². The van der Waals surface area contributed by atoms with Crippen LogP contribution in [-0.2, 0) is 4.79 Å². The van der Waals surface area contributed by atoms with Crippen LogP contribution < -0.4 is 0 Å². The number of carbonyl (C=O) groups is 1. The average molecular weight is 180 g/mol. The molecule has 0 aromatic rings. The quantitative estimate of drug-likeness (QED) is 0.346. The van der Waals surface area contributed by atoms with E-state index in [0.29, 0.717) is 6.42 Å². The molecule has 0 heterocycles. The van der Waals surface area contributed by atoms with Crippen molar-refractivity contribution >= 4 is 6.29 Å². The van der Waals surface area contributed by atoms with Crippen molar-refractivity contribution in [1.82, 2.24) is 0 Å². The monoisotopic (exact) mass is 180 g/mol. The van der Waals surface area contributed by atoms with Crippen molar-refractivity contribution < 1.29 is 4.79 Å². The smallest absolute Gasteiger partial charge is 0.119 e. The normalized spacial score (nSPS) is 13.2. The first-order valence-electron chi connectivity index (χ1n) is 4.96.